The summed E-state index contributed by atoms with van der Waals surface area (Å²) in [6, 6.07) is 14.7. The first-order chi connectivity index (χ1) is 10.7. The van der Waals surface area contributed by atoms with Crippen molar-refractivity contribution in [1.29, 1.82) is 0 Å². The lowest BCUT2D eigenvalue weighted by Crippen LogP contribution is -2.27. The predicted molar refractivity (Wildman–Crippen MR) is 80.4 cm³/mol. The Bertz CT molecular complexity index is 763. The van der Waals surface area contributed by atoms with Crippen LogP contribution in [0.3, 0.4) is 0 Å². The van der Waals surface area contributed by atoms with E-state index >= 15 is 0 Å². The molecule has 0 aliphatic rings. The molecule has 0 saturated heterocycles. The van der Waals surface area contributed by atoms with E-state index < -0.39 is 0 Å². The first-order valence-corrected chi connectivity index (χ1v) is 6.72. The minimum atomic E-state index is -0.295. The summed E-state index contributed by atoms with van der Waals surface area (Å²) in [5.41, 5.74) is 1.76. The molecule has 0 N–H and O–H groups in total. The van der Waals surface area contributed by atoms with Crippen LogP contribution >= 0.6 is 0 Å². The van der Waals surface area contributed by atoms with Crippen LogP contribution in [0.2, 0.25) is 0 Å². The number of hydrogen-bond acceptors (Lipinski definition) is 4. The molecule has 2 aromatic heterocycles. The molecule has 0 saturated carbocycles. The zero-order valence-electron chi connectivity index (χ0n) is 12.3. The van der Waals surface area contributed by atoms with Crippen LogP contribution in [0.5, 0.6) is 0 Å². The monoisotopic (exact) mass is 297 g/mol. The standard InChI is InChI=1S/C16H15N3O3/c1-18(21-2)16(20)14-11-13(15-9-6-10-22-15)17-19(14)12-7-4-3-5-8-12/h3-11H,1-2H3. The van der Waals surface area contributed by atoms with Gasteiger partial charge in [0.2, 0.25) is 0 Å². The molecule has 0 atom stereocenters. The summed E-state index contributed by atoms with van der Waals surface area (Å²) in [5.74, 6) is 0.306. The van der Waals surface area contributed by atoms with Gasteiger partial charge in [0.1, 0.15) is 11.4 Å². The van der Waals surface area contributed by atoms with Crippen molar-refractivity contribution in [3.63, 3.8) is 0 Å². The van der Waals surface area contributed by atoms with Crippen LogP contribution in [0.25, 0.3) is 17.1 Å². The minimum absolute atomic E-state index is 0.295. The number of amides is 1. The molecular weight excluding hydrogens is 282 g/mol. The highest BCUT2D eigenvalue weighted by atomic mass is 16.7. The molecule has 0 aliphatic carbocycles. The Labute approximate surface area is 127 Å². The zero-order chi connectivity index (χ0) is 15.5. The number of carbonyl (C=O) groups is 1. The quantitative estimate of drug-likeness (QED) is 0.695. The van der Waals surface area contributed by atoms with Crippen molar-refractivity contribution in [2.24, 2.45) is 0 Å². The van der Waals surface area contributed by atoms with Crippen LogP contribution < -0.4 is 0 Å². The molecule has 3 rings (SSSR count). The first-order valence-electron chi connectivity index (χ1n) is 6.72. The third kappa shape index (κ3) is 2.51. The number of benzene rings is 1. The normalized spacial score (nSPS) is 10.6. The summed E-state index contributed by atoms with van der Waals surface area (Å²) in [6.07, 6.45) is 1.57. The highest BCUT2D eigenvalue weighted by Gasteiger charge is 2.21. The molecule has 22 heavy (non-hydrogen) atoms. The van der Waals surface area contributed by atoms with Crippen LogP contribution in [0.1, 0.15) is 10.5 Å². The number of para-hydroxylation sites is 1. The molecule has 0 fully saturated rings. The molecule has 6 nitrogen and oxygen atoms in total. The van der Waals surface area contributed by atoms with Gasteiger partial charge in [-0.1, -0.05) is 18.2 Å². The van der Waals surface area contributed by atoms with Crippen molar-refractivity contribution in [3.05, 3.63) is 60.5 Å². The molecule has 1 amide bonds. The van der Waals surface area contributed by atoms with E-state index in [4.69, 9.17) is 9.25 Å². The van der Waals surface area contributed by atoms with Gasteiger partial charge in [-0.3, -0.25) is 9.63 Å². The van der Waals surface area contributed by atoms with Crippen molar-refractivity contribution in [1.82, 2.24) is 14.8 Å². The maximum atomic E-state index is 12.5. The number of aromatic nitrogens is 2. The first kappa shape index (κ1) is 14.1. The van der Waals surface area contributed by atoms with Gasteiger partial charge in [0.15, 0.2) is 5.76 Å². The van der Waals surface area contributed by atoms with Crippen LogP contribution in [0.15, 0.2) is 59.2 Å². The molecule has 0 aliphatic heterocycles. The van der Waals surface area contributed by atoms with Crippen molar-refractivity contribution in [2.45, 2.75) is 0 Å². The number of nitrogens with zero attached hydrogens (tertiary/aromatic N) is 3. The number of hydrogen-bond donors (Lipinski definition) is 0. The van der Waals surface area contributed by atoms with Crippen LogP contribution in [-0.2, 0) is 4.84 Å². The zero-order valence-corrected chi connectivity index (χ0v) is 12.3. The molecule has 0 bridgehead atoms. The second kappa shape index (κ2) is 5.87. The topological polar surface area (TPSA) is 60.5 Å². The van der Waals surface area contributed by atoms with E-state index in [-0.39, 0.29) is 5.91 Å². The molecule has 0 spiro atoms. The van der Waals surface area contributed by atoms with E-state index in [0.29, 0.717) is 17.1 Å². The molecule has 112 valence electrons. The Balaban J connectivity index is 2.12. The second-order valence-electron chi connectivity index (χ2n) is 4.62. The van der Waals surface area contributed by atoms with Gasteiger partial charge in [0.25, 0.3) is 5.91 Å². The summed E-state index contributed by atoms with van der Waals surface area (Å²) >= 11 is 0. The van der Waals surface area contributed by atoms with Gasteiger partial charge in [-0.15, -0.1) is 0 Å². The molecule has 0 unspecified atom stereocenters. The minimum Gasteiger partial charge on any atom is -0.463 e. The third-order valence-corrected chi connectivity index (χ3v) is 3.26. The summed E-state index contributed by atoms with van der Waals surface area (Å²) in [5, 5.41) is 5.64. The molecule has 6 heteroatoms. The average molecular weight is 297 g/mol. The number of rotatable bonds is 4. The van der Waals surface area contributed by atoms with Crippen molar-refractivity contribution < 1.29 is 14.0 Å². The maximum Gasteiger partial charge on any atom is 0.295 e. The molecule has 2 heterocycles. The Kier molecular flexibility index (Phi) is 3.76. The summed E-state index contributed by atoms with van der Waals surface area (Å²) in [4.78, 5) is 17.4. The van der Waals surface area contributed by atoms with E-state index in [1.165, 1.54) is 7.11 Å². The van der Waals surface area contributed by atoms with Crippen LogP contribution in [0, 0.1) is 0 Å². The lowest BCUT2D eigenvalue weighted by atomic mass is 10.2. The molecule has 0 radical (unpaired) electrons. The fraction of sp³-hybridized carbons (Fsp3) is 0.125. The third-order valence-electron chi connectivity index (χ3n) is 3.26. The number of hydroxylamine groups is 2. The van der Waals surface area contributed by atoms with E-state index in [1.807, 2.05) is 30.3 Å². The van der Waals surface area contributed by atoms with Crippen LogP contribution in [0.4, 0.5) is 0 Å². The fourth-order valence-corrected chi connectivity index (χ4v) is 2.09. The Morgan fingerprint density at radius 3 is 2.64 bits per heavy atom. The van der Waals surface area contributed by atoms with E-state index in [1.54, 1.807) is 36.2 Å². The second-order valence-corrected chi connectivity index (χ2v) is 4.62. The average Bonchev–Trinajstić information content (AvgIpc) is 3.23. The van der Waals surface area contributed by atoms with Gasteiger partial charge in [0, 0.05) is 13.1 Å². The summed E-state index contributed by atoms with van der Waals surface area (Å²) in [6.45, 7) is 0. The summed E-state index contributed by atoms with van der Waals surface area (Å²) in [7, 11) is 2.99. The number of carbonyl (C=O) groups excluding carboxylic acids is 1. The SMILES string of the molecule is CON(C)C(=O)c1cc(-c2ccco2)nn1-c1ccccc1. The van der Waals surface area contributed by atoms with Gasteiger partial charge >= 0.3 is 0 Å². The fourth-order valence-electron chi connectivity index (χ4n) is 2.09. The Hall–Kier alpha value is -2.86. The van der Waals surface area contributed by atoms with Gasteiger partial charge in [-0.25, -0.2) is 9.75 Å². The van der Waals surface area contributed by atoms with Gasteiger partial charge in [-0.05, 0) is 24.3 Å². The Morgan fingerprint density at radius 2 is 2.00 bits per heavy atom. The molecular formula is C16H15N3O3. The predicted octanol–water partition coefficient (Wildman–Crippen LogP) is 2.77. The van der Waals surface area contributed by atoms with Crippen molar-refractivity contribution >= 4 is 5.91 Å². The van der Waals surface area contributed by atoms with Gasteiger partial charge < -0.3 is 4.42 Å². The Morgan fingerprint density at radius 1 is 1.23 bits per heavy atom. The van der Waals surface area contributed by atoms with E-state index in [2.05, 4.69) is 5.10 Å². The highest BCUT2D eigenvalue weighted by Crippen LogP contribution is 2.22. The smallest absolute Gasteiger partial charge is 0.295 e. The largest absolute Gasteiger partial charge is 0.463 e. The molecule has 3 aromatic rings. The van der Waals surface area contributed by atoms with Crippen molar-refractivity contribution in [3.8, 4) is 17.1 Å². The van der Waals surface area contributed by atoms with Crippen LogP contribution in [-0.4, -0.2) is 34.9 Å². The van der Waals surface area contributed by atoms with Gasteiger partial charge in [0.05, 0.1) is 19.1 Å². The lowest BCUT2D eigenvalue weighted by molar-refractivity contribution is -0.0762. The summed E-state index contributed by atoms with van der Waals surface area (Å²) < 4.78 is 6.94. The van der Waals surface area contributed by atoms with E-state index in [0.717, 1.165) is 10.8 Å². The lowest BCUT2D eigenvalue weighted by Gasteiger charge is -2.14. The van der Waals surface area contributed by atoms with Gasteiger partial charge in [-0.2, -0.15) is 5.10 Å². The van der Waals surface area contributed by atoms with E-state index in [9.17, 15) is 4.79 Å². The number of furan rings is 1. The highest BCUT2D eigenvalue weighted by molar-refractivity contribution is 5.93. The maximum absolute atomic E-state index is 12.5. The molecule has 1 aromatic carbocycles. The van der Waals surface area contributed by atoms with Crippen molar-refractivity contribution in [2.75, 3.05) is 14.2 Å².